The summed E-state index contributed by atoms with van der Waals surface area (Å²) in [5.41, 5.74) is 6.75. The molecule has 0 bridgehead atoms. The summed E-state index contributed by atoms with van der Waals surface area (Å²) in [6, 6.07) is 3.43. The average molecular weight is 340 g/mol. The molecule has 0 aliphatic carbocycles. The normalized spacial score (nSPS) is 12.8. The van der Waals surface area contributed by atoms with E-state index in [9.17, 15) is 0 Å². The molecule has 20 heavy (non-hydrogen) atoms. The molecule has 0 saturated heterocycles. The second-order valence-corrected chi connectivity index (χ2v) is 5.33. The Morgan fingerprint density at radius 2 is 2.10 bits per heavy atom. The van der Waals surface area contributed by atoms with Gasteiger partial charge in [0.05, 0.1) is 6.04 Å². The largest absolute Gasteiger partial charge is 0.332 e. The molecule has 0 aliphatic rings. The maximum atomic E-state index is 6.11. The van der Waals surface area contributed by atoms with Crippen LogP contribution in [-0.4, -0.2) is 39.7 Å². The maximum Gasteiger partial charge on any atom is 0.276 e. The lowest BCUT2D eigenvalue weighted by atomic mass is 10.2. The Hall–Kier alpha value is -1.31. The number of aromatic nitrogens is 3. The van der Waals surface area contributed by atoms with Crippen LogP contribution in [0.4, 0.5) is 0 Å². The van der Waals surface area contributed by atoms with E-state index in [1.54, 1.807) is 6.20 Å². The first-order valence-corrected chi connectivity index (χ1v) is 7.36. The summed E-state index contributed by atoms with van der Waals surface area (Å²) < 4.78 is 6.13. The highest BCUT2D eigenvalue weighted by atomic mass is 79.9. The number of rotatable bonds is 6. The quantitative estimate of drug-likeness (QED) is 0.869. The van der Waals surface area contributed by atoms with Crippen LogP contribution < -0.4 is 5.73 Å². The minimum absolute atomic E-state index is 0.261. The summed E-state index contributed by atoms with van der Waals surface area (Å²) in [6.07, 6.45) is 1.69. The molecule has 2 rings (SSSR count). The fourth-order valence-corrected chi connectivity index (χ4v) is 2.07. The van der Waals surface area contributed by atoms with Crippen LogP contribution in [-0.2, 0) is 0 Å². The van der Waals surface area contributed by atoms with E-state index in [-0.39, 0.29) is 6.04 Å². The zero-order valence-electron chi connectivity index (χ0n) is 11.6. The minimum Gasteiger partial charge on any atom is -0.332 e. The van der Waals surface area contributed by atoms with E-state index in [1.807, 2.05) is 12.1 Å². The first kappa shape index (κ1) is 15.1. The molecule has 0 aliphatic heterocycles. The van der Waals surface area contributed by atoms with Gasteiger partial charge in [-0.2, -0.15) is 4.98 Å². The fourth-order valence-electron chi connectivity index (χ4n) is 1.83. The zero-order chi connectivity index (χ0) is 14.5. The van der Waals surface area contributed by atoms with Crippen molar-refractivity contribution < 1.29 is 4.52 Å². The van der Waals surface area contributed by atoms with Gasteiger partial charge in [0, 0.05) is 17.2 Å². The van der Waals surface area contributed by atoms with Gasteiger partial charge in [-0.1, -0.05) is 19.0 Å². The second kappa shape index (κ2) is 6.92. The molecule has 108 valence electrons. The van der Waals surface area contributed by atoms with Crippen LogP contribution in [0.2, 0.25) is 0 Å². The maximum absolute atomic E-state index is 6.11. The molecular weight excluding hydrogens is 322 g/mol. The van der Waals surface area contributed by atoms with Gasteiger partial charge >= 0.3 is 0 Å². The average Bonchev–Trinajstić information content (AvgIpc) is 2.95. The van der Waals surface area contributed by atoms with Gasteiger partial charge in [0.25, 0.3) is 5.89 Å². The highest BCUT2D eigenvalue weighted by molar-refractivity contribution is 9.10. The van der Waals surface area contributed by atoms with Gasteiger partial charge in [-0.05, 0) is 41.2 Å². The second-order valence-electron chi connectivity index (χ2n) is 4.41. The van der Waals surface area contributed by atoms with Crippen LogP contribution in [0.25, 0.3) is 11.6 Å². The molecule has 1 unspecified atom stereocenters. The van der Waals surface area contributed by atoms with Crippen LogP contribution in [0.1, 0.15) is 25.7 Å². The summed E-state index contributed by atoms with van der Waals surface area (Å²) in [4.78, 5) is 10.8. The third kappa shape index (κ3) is 3.62. The predicted octanol–water partition coefficient (Wildman–Crippen LogP) is 2.24. The lowest BCUT2D eigenvalue weighted by Gasteiger charge is -2.20. The van der Waals surface area contributed by atoms with Gasteiger partial charge in [-0.3, -0.25) is 0 Å². The SMILES string of the molecule is CCN(CC)CC(N)c1noc(-c2ccc(Br)cn2)n1. The third-order valence-corrected chi connectivity index (χ3v) is 3.54. The van der Waals surface area contributed by atoms with Crippen molar-refractivity contribution in [3.05, 3.63) is 28.6 Å². The summed E-state index contributed by atoms with van der Waals surface area (Å²) in [6.45, 7) is 6.80. The van der Waals surface area contributed by atoms with E-state index in [4.69, 9.17) is 10.3 Å². The zero-order valence-corrected chi connectivity index (χ0v) is 13.2. The van der Waals surface area contributed by atoms with Crippen LogP contribution >= 0.6 is 15.9 Å². The molecule has 0 amide bonds. The highest BCUT2D eigenvalue weighted by Crippen LogP contribution is 2.18. The van der Waals surface area contributed by atoms with Crippen molar-refractivity contribution in [2.45, 2.75) is 19.9 Å². The molecule has 7 heteroatoms. The number of nitrogens with two attached hydrogens (primary N) is 1. The third-order valence-electron chi connectivity index (χ3n) is 3.07. The molecule has 2 heterocycles. The number of nitrogens with zero attached hydrogens (tertiary/aromatic N) is 4. The Kier molecular flexibility index (Phi) is 5.22. The highest BCUT2D eigenvalue weighted by Gasteiger charge is 2.17. The Morgan fingerprint density at radius 3 is 2.70 bits per heavy atom. The molecule has 2 aromatic rings. The minimum atomic E-state index is -0.261. The van der Waals surface area contributed by atoms with E-state index in [1.165, 1.54) is 0 Å². The summed E-state index contributed by atoms with van der Waals surface area (Å²) in [5, 5.41) is 3.95. The first-order valence-electron chi connectivity index (χ1n) is 6.57. The monoisotopic (exact) mass is 339 g/mol. The van der Waals surface area contributed by atoms with Gasteiger partial charge in [0.1, 0.15) is 5.69 Å². The van der Waals surface area contributed by atoms with Crippen LogP contribution in [0.3, 0.4) is 0 Å². The lowest BCUT2D eigenvalue weighted by molar-refractivity contribution is 0.278. The molecule has 0 aromatic carbocycles. The van der Waals surface area contributed by atoms with E-state index in [2.05, 4.69) is 49.8 Å². The molecule has 2 N–H and O–H groups in total. The van der Waals surface area contributed by atoms with Crippen molar-refractivity contribution >= 4 is 15.9 Å². The van der Waals surface area contributed by atoms with E-state index in [0.717, 1.165) is 17.6 Å². The van der Waals surface area contributed by atoms with Crippen molar-refractivity contribution in [1.29, 1.82) is 0 Å². The molecule has 6 nitrogen and oxygen atoms in total. The molecular formula is C13H18BrN5O. The van der Waals surface area contributed by atoms with Crippen molar-refractivity contribution in [2.24, 2.45) is 5.73 Å². The van der Waals surface area contributed by atoms with Gasteiger partial charge in [0.2, 0.25) is 0 Å². The molecule has 0 fully saturated rings. The number of likely N-dealkylation sites (N-methyl/N-ethyl adjacent to an activating group) is 1. The Morgan fingerprint density at radius 1 is 1.35 bits per heavy atom. The van der Waals surface area contributed by atoms with Crippen molar-refractivity contribution in [3.63, 3.8) is 0 Å². The Balaban J connectivity index is 2.10. The number of hydrogen-bond acceptors (Lipinski definition) is 6. The van der Waals surface area contributed by atoms with Gasteiger partial charge in [0.15, 0.2) is 5.82 Å². The van der Waals surface area contributed by atoms with Crippen LogP contribution in [0, 0.1) is 0 Å². The summed E-state index contributed by atoms with van der Waals surface area (Å²) >= 11 is 3.33. The topological polar surface area (TPSA) is 81.1 Å². The Bertz CT molecular complexity index is 538. The molecule has 0 radical (unpaired) electrons. The number of pyridine rings is 1. The molecule has 2 aromatic heterocycles. The van der Waals surface area contributed by atoms with Crippen molar-refractivity contribution in [1.82, 2.24) is 20.0 Å². The van der Waals surface area contributed by atoms with E-state index < -0.39 is 0 Å². The number of halogens is 1. The van der Waals surface area contributed by atoms with Crippen molar-refractivity contribution in [3.8, 4) is 11.6 Å². The van der Waals surface area contributed by atoms with E-state index >= 15 is 0 Å². The smallest absolute Gasteiger partial charge is 0.276 e. The fraction of sp³-hybridized carbons (Fsp3) is 0.462. The predicted molar refractivity (Wildman–Crippen MR) is 79.9 cm³/mol. The van der Waals surface area contributed by atoms with Crippen LogP contribution in [0.15, 0.2) is 27.3 Å². The summed E-state index contributed by atoms with van der Waals surface area (Å²) in [5.74, 6) is 0.902. The lowest BCUT2D eigenvalue weighted by Crippen LogP contribution is -2.32. The van der Waals surface area contributed by atoms with Gasteiger partial charge in [-0.15, -0.1) is 0 Å². The molecule has 0 spiro atoms. The Labute approximate surface area is 126 Å². The van der Waals surface area contributed by atoms with Gasteiger partial charge < -0.3 is 15.2 Å². The van der Waals surface area contributed by atoms with Crippen molar-refractivity contribution in [2.75, 3.05) is 19.6 Å². The molecule has 0 saturated carbocycles. The van der Waals surface area contributed by atoms with E-state index in [0.29, 0.717) is 24.0 Å². The molecule has 1 atom stereocenters. The number of hydrogen-bond donors (Lipinski definition) is 1. The first-order chi connectivity index (χ1) is 9.63. The standard InChI is InChI=1S/C13H18BrN5O/c1-3-19(4-2)8-10(15)12-17-13(20-18-12)11-6-5-9(14)7-16-11/h5-7,10H,3-4,8,15H2,1-2H3. The summed E-state index contributed by atoms with van der Waals surface area (Å²) in [7, 11) is 0. The van der Waals surface area contributed by atoms with Crippen LogP contribution in [0.5, 0.6) is 0 Å². The van der Waals surface area contributed by atoms with Gasteiger partial charge in [-0.25, -0.2) is 4.98 Å².